The lowest BCUT2D eigenvalue weighted by atomic mass is 10.1. The van der Waals surface area contributed by atoms with Gasteiger partial charge in [0.2, 0.25) is 6.10 Å². The van der Waals surface area contributed by atoms with Crippen LogP contribution in [0.4, 0.5) is 0 Å². The highest BCUT2D eigenvalue weighted by Gasteiger charge is 2.27. The highest BCUT2D eigenvalue weighted by atomic mass is 16.6. The third kappa shape index (κ3) is 3.81. The number of amides is 1. The van der Waals surface area contributed by atoms with E-state index in [2.05, 4.69) is 60.1 Å². The largest absolute Gasteiger partial charge is 0.485 e. The molecule has 0 saturated heterocycles. The molecule has 6 heteroatoms. The van der Waals surface area contributed by atoms with E-state index in [1.165, 1.54) is 11.1 Å². The Morgan fingerprint density at radius 2 is 1.87 bits per heavy atom. The first-order valence-corrected chi connectivity index (χ1v) is 9.92. The number of benzene rings is 2. The van der Waals surface area contributed by atoms with Gasteiger partial charge >= 0.3 is 0 Å². The molecule has 30 heavy (non-hydrogen) atoms. The van der Waals surface area contributed by atoms with Crippen LogP contribution in [0, 0.1) is 27.7 Å². The van der Waals surface area contributed by atoms with Crippen LogP contribution >= 0.6 is 0 Å². The fraction of sp³-hybridized carbons (Fsp3) is 0.250. The Hall–Kier alpha value is -3.54. The molecular weight excluding hydrogens is 378 g/mol. The van der Waals surface area contributed by atoms with Crippen molar-refractivity contribution in [3.05, 3.63) is 76.6 Å². The van der Waals surface area contributed by atoms with Crippen molar-refractivity contribution in [1.29, 1.82) is 0 Å². The van der Waals surface area contributed by atoms with E-state index < -0.39 is 6.10 Å². The van der Waals surface area contributed by atoms with Crippen LogP contribution in [0.3, 0.4) is 0 Å². The van der Waals surface area contributed by atoms with Crippen LogP contribution in [0.1, 0.15) is 28.1 Å². The van der Waals surface area contributed by atoms with Gasteiger partial charge in [-0.3, -0.25) is 4.79 Å². The number of nitrogens with one attached hydrogen (secondary N) is 1. The molecule has 1 aromatic heterocycles. The van der Waals surface area contributed by atoms with Gasteiger partial charge in [-0.15, -0.1) is 0 Å². The molecule has 4 rings (SSSR count). The normalized spacial score (nSPS) is 15.4. The van der Waals surface area contributed by atoms with Crippen LogP contribution in [0.5, 0.6) is 11.5 Å². The Morgan fingerprint density at radius 3 is 2.63 bits per heavy atom. The molecule has 3 aromatic rings. The van der Waals surface area contributed by atoms with Crippen LogP contribution in [-0.4, -0.2) is 29.4 Å². The van der Waals surface area contributed by atoms with Gasteiger partial charge in [0, 0.05) is 22.6 Å². The minimum Gasteiger partial charge on any atom is -0.485 e. The van der Waals surface area contributed by atoms with Gasteiger partial charge in [0.1, 0.15) is 6.61 Å². The highest BCUT2D eigenvalue weighted by molar-refractivity contribution is 5.86. The second-order valence-corrected chi connectivity index (χ2v) is 7.55. The molecule has 0 aliphatic carbocycles. The van der Waals surface area contributed by atoms with Crippen LogP contribution in [0.2, 0.25) is 0 Å². The average molecular weight is 403 g/mol. The number of carbonyl (C=O) groups excluding carboxylic acids is 1. The summed E-state index contributed by atoms with van der Waals surface area (Å²) < 4.78 is 13.5. The molecule has 0 radical (unpaired) electrons. The van der Waals surface area contributed by atoms with E-state index in [0.29, 0.717) is 11.5 Å². The lowest BCUT2D eigenvalue weighted by molar-refractivity contribution is -0.130. The minimum absolute atomic E-state index is 0.152. The molecule has 1 aliphatic heterocycles. The van der Waals surface area contributed by atoms with E-state index in [0.717, 1.165) is 22.6 Å². The zero-order valence-corrected chi connectivity index (χ0v) is 17.6. The van der Waals surface area contributed by atoms with E-state index in [9.17, 15) is 4.79 Å². The van der Waals surface area contributed by atoms with Gasteiger partial charge < -0.3 is 14.0 Å². The van der Waals surface area contributed by atoms with Gasteiger partial charge in [-0.05, 0) is 57.5 Å². The van der Waals surface area contributed by atoms with E-state index in [1.807, 2.05) is 25.1 Å². The molecule has 0 unspecified atom stereocenters. The van der Waals surface area contributed by atoms with E-state index in [1.54, 1.807) is 12.3 Å². The van der Waals surface area contributed by atoms with Crippen molar-refractivity contribution in [2.45, 2.75) is 33.8 Å². The minimum atomic E-state index is -0.736. The summed E-state index contributed by atoms with van der Waals surface area (Å²) >= 11 is 0. The second-order valence-electron chi connectivity index (χ2n) is 7.55. The summed E-state index contributed by atoms with van der Waals surface area (Å²) in [4.78, 5) is 12.4. The SMILES string of the molecule is Cc1ccc(-n2c(C)cc(/C=N\NC(=O)[C@H]3COc4ccccc4O3)c2C)c(C)c1. The lowest BCUT2D eigenvalue weighted by Crippen LogP contribution is -2.42. The van der Waals surface area contributed by atoms with E-state index in [-0.39, 0.29) is 12.5 Å². The molecule has 1 atom stereocenters. The van der Waals surface area contributed by atoms with Gasteiger partial charge in [-0.2, -0.15) is 5.10 Å². The number of ether oxygens (including phenoxy) is 2. The van der Waals surface area contributed by atoms with Crippen LogP contribution < -0.4 is 14.9 Å². The number of rotatable bonds is 4. The number of hydrogen-bond acceptors (Lipinski definition) is 4. The molecule has 2 heterocycles. The molecule has 0 bridgehead atoms. The van der Waals surface area contributed by atoms with Crippen LogP contribution in [0.15, 0.2) is 53.6 Å². The Balaban J connectivity index is 1.47. The standard InChI is InChI=1S/C24H25N3O3/c1-15-9-10-20(16(2)11-15)27-17(3)12-19(18(27)4)13-25-26-24(28)23-14-29-21-7-5-6-8-22(21)30-23/h5-13,23H,14H2,1-4H3,(H,26,28)/b25-13-/t23-/m1/s1. The maximum absolute atomic E-state index is 12.4. The summed E-state index contributed by atoms with van der Waals surface area (Å²) in [6, 6.07) is 15.8. The number of hydrazone groups is 1. The molecule has 0 spiro atoms. The molecule has 1 aliphatic rings. The lowest BCUT2D eigenvalue weighted by Gasteiger charge is -2.24. The Bertz CT molecular complexity index is 1130. The van der Waals surface area contributed by atoms with Gasteiger partial charge in [0.25, 0.3) is 5.91 Å². The molecule has 1 amide bonds. The summed E-state index contributed by atoms with van der Waals surface area (Å²) in [7, 11) is 0. The molecule has 2 aromatic carbocycles. The Labute approximate surface area is 176 Å². The van der Waals surface area contributed by atoms with E-state index in [4.69, 9.17) is 9.47 Å². The van der Waals surface area contributed by atoms with Crippen molar-refractivity contribution in [3.8, 4) is 17.2 Å². The predicted octanol–water partition coefficient (Wildman–Crippen LogP) is 4.00. The molecule has 154 valence electrons. The highest BCUT2D eigenvalue weighted by Crippen LogP contribution is 2.30. The zero-order chi connectivity index (χ0) is 21.3. The number of para-hydroxylation sites is 2. The van der Waals surface area contributed by atoms with Crippen molar-refractivity contribution >= 4 is 12.1 Å². The topological polar surface area (TPSA) is 64.9 Å². The summed E-state index contributed by atoms with van der Waals surface area (Å²) in [5, 5.41) is 4.14. The fourth-order valence-electron chi connectivity index (χ4n) is 3.73. The summed E-state index contributed by atoms with van der Waals surface area (Å²) in [5.74, 6) is 0.859. The van der Waals surface area contributed by atoms with Crippen molar-refractivity contribution in [1.82, 2.24) is 9.99 Å². The predicted molar refractivity (Wildman–Crippen MR) is 117 cm³/mol. The zero-order valence-electron chi connectivity index (χ0n) is 17.6. The molecule has 0 saturated carbocycles. The quantitative estimate of drug-likeness (QED) is 0.529. The first-order chi connectivity index (χ1) is 14.4. The van der Waals surface area contributed by atoms with Gasteiger partial charge in [0.15, 0.2) is 11.5 Å². The first-order valence-electron chi connectivity index (χ1n) is 9.92. The van der Waals surface area contributed by atoms with Gasteiger partial charge in [-0.25, -0.2) is 5.43 Å². The Morgan fingerprint density at radius 1 is 1.10 bits per heavy atom. The number of nitrogens with zero attached hydrogens (tertiary/aromatic N) is 2. The summed E-state index contributed by atoms with van der Waals surface area (Å²) in [5.41, 5.74) is 9.26. The average Bonchev–Trinajstić information content (AvgIpc) is 3.01. The smallest absolute Gasteiger partial charge is 0.284 e. The number of aryl methyl sites for hydroxylation is 3. The van der Waals surface area contributed by atoms with Gasteiger partial charge in [-0.1, -0.05) is 29.8 Å². The van der Waals surface area contributed by atoms with Gasteiger partial charge in [0.05, 0.1) is 6.21 Å². The first kappa shape index (κ1) is 19.8. The molecule has 1 N–H and O–H groups in total. The monoisotopic (exact) mass is 403 g/mol. The van der Waals surface area contributed by atoms with E-state index >= 15 is 0 Å². The molecule has 0 fully saturated rings. The fourth-order valence-corrected chi connectivity index (χ4v) is 3.73. The number of carbonyl (C=O) groups is 1. The third-order valence-corrected chi connectivity index (χ3v) is 5.24. The number of hydrogen-bond donors (Lipinski definition) is 1. The van der Waals surface area contributed by atoms with Crippen molar-refractivity contribution in [2.24, 2.45) is 5.10 Å². The molecular formula is C24H25N3O3. The summed E-state index contributed by atoms with van der Waals surface area (Å²) in [6.07, 6.45) is 0.928. The number of aromatic nitrogens is 1. The van der Waals surface area contributed by atoms with Crippen molar-refractivity contribution < 1.29 is 14.3 Å². The Kier molecular flexibility index (Phi) is 5.31. The van der Waals surface area contributed by atoms with Crippen LogP contribution in [0.25, 0.3) is 5.69 Å². The second kappa shape index (κ2) is 8.06. The van der Waals surface area contributed by atoms with Crippen molar-refractivity contribution in [2.75, 3.05) is 6.61 Å². The summed E-state index contributed by atoms with van der Waals surface area (Å²) in [6.45, 7) is 8.46. The maximum Gasteiger partial charge on any atom is 0.284 e. The number of fused-ring (bicyclic) bond motifs is 1. The third-order valence-electron chi connectivity index (χ3n) is 5.24. The van der Waals surface area contributed by atoms with Crippen LogP contribution in [-0.2, 0) is 4.79 Å². The maximum atomic E-state index is 12.4. The van der Waals surface area contributed by atoms with Crippen molar-refractivity contribution in [3.63, 3.8) is 0 Å². The molecule has 6 nitrogen and oxygen atoms in total.